The number of nitrogens with one attached hydrogen (secondary N) is 5. The molecule has 0 bridgehead atoms. The molecular formula is C30H34N12Na4O15S4. The second-order valence-electron chi connectivity index (χ2n) is 11.6. The van der Waals surface area contributed by atoms with Gasteiger partial charge < -0.3 is 71.0 Å². The standard InChI is InChI=1S/C30H38N12O15S4.4Na/c43-15-21(45)13-33-27-37-25(31-7-9-58-57-55-47)39-30(42-27)36-20-6-4-18(24(12-20)61(52,53)54)2-1-17-3-5-19(11-23(17)59-56-48)35-29-40-26(32-8-10-60(49,50)51)38-28(41-29)34-14-22(46)16-44;;;;/h1-7,11-12,21-22,43-48H,8-10,13-16H2,(H,49,50,51)(H,52,53,54)(H2,33,36,37,39,42)(H3,32,34,35,38,40,41);;;;/q;4*+1/p-4/b2-1?,31-7-;;;;. The molecule has 65 heavy (non-hydrogen) atoms. The van der Waals surface area contributed by atoms with E-state index in [4.69, 9.17) is 10.2 Å². The zero-order valence-electron chi connectivity index (χ0n) is 34.8. The van der Waals surface area contributed by atoms with Gasteiger partial charge in [-0.25, -0.2) is 21.8 Å². The summed E-state index contributed by atoms with van der Waals surface area (Å²) in [6, 6.07) is 8.14. The molecule has 0 saturated heterocycles. The summed E-state index contributed by atoms with van der Waals surface area (Å²) in [5, 5.41) is 75.7. The maximum atomic E-state index is 12.4. The van der Waals surface area contributed by atoms with Gasteiger partial charge in [0.25, 0.3) is 5.95 Å². The number of aliphatic hydroxyl groups excluding tert-OH is 4. The van der Waals surface area contributed by atoms with Crippen LogP contribution in [-0.2, 0) is 33.9 Å². The van der Waals surface area contributed by atoms with Crippen molar-refractivity contribution >= 4 is 110 Å². The Morgan fingerprint density at radius 3 is 1.78 bits per heavy atom. The van der Waals surface area contributed by atoms with E-state index in [1.54, 1.807) is 0 Å². The molecule has 2 atom stereocenters. The van der Waals surface area contributed by atoms with Crippen molar-refractivity contribution in [1.82, 2.24) is 29.9 Å². The van der Waals surface area contributed by atoms with Crippen molar-refractivity contribution in [3.05, 3.63) is 47.5 Å². The fraction of sp³-hybridized carbons (Fsp3) is 0.300. The van der Waals surface area contributed by atoms with Gasteiger partial charge in [-0.3, -0.25) is 5.04 Å². The second kappa shape index (κ2) is 32.8. The van der Waals surface area contributed by atoms with Crippen molar-refractivity contribution in [3.8, 4) is 0 Å². The van der Waals surface area contributed by atoms with Crippen molar-refractivity contribution < 1.29 is 189 Å². The Kier molecular flexibility index (Phi) is 32.3. The minimum atomic E-state index is -5.12. The zero-order valence-corrected chi connectivity index (χ0v) is 46.1. The molecule has 9 N–H and O–H groups in total. The second-order valence-corrected chi connectivity index (χ2v) is 16.0. The Morgan fingerprint density at radius 2 is 1.23 bits per heavy atom. The normalized spacial score (nSPS) is 12.2. The Bertz CT molecular complexity index is 2370. The molecule has 2 aromatic heterocycles. The monoisotopic (exact) mass is 1020 g/mol. The maximum Gasteiger partial charge on any atom is 1.00 e. The number of anilines is 7. The van der Waals surface area contributed by atoms with Gasteiger partial charge in [0.1, 0.15) is 10.1 Å². The van der Waals surface area contributed by atoms with E-state index in [9.17, 15) is 46.7 Å². The predicted molar refractivity (Wildman–Crippen MR) is 212 cm³/mol. The number of benzene rings is 2. The summed E-state index contributed by atoms with van der Waals surface area (Å²) in [4.78, 5) is 28.2. The van der Waals surface area contributed by atoms with Crippen LogP contribution in [0.2, 0.25) is 0 Å². The van der Waals surface area contributed by atoms with E-state index in [-0.39, 0.29) is 201 Å². The topological polar surface area (TPSA) is 419 Å². The Labute approximate surface area is 468 Å². The molecule has 0 aliphatic heterocycles. The van der Waals surface area contributed by atoms with Crippen LogP contribution in [0.25, 0.3) is 12.2 Å². The van der Waals surface area contributed by atoms with Crippen molar-refractivity contribution in [2.45, 2.75) is 22.0 Å². The van der Waals surface area contributed by atoms with Crippen LogP contribution in [0.15, 0.2) is 51.2 Å². The van der Waals surface area contributed by atoms with Crippen molar-refractivity contribution in [1.29, 1.82) is 0 Å². The fourth-order valence-corrected chi connectivity index (χ4v) is 6.20. The Morgan fingerprint density at radius 1 is 0.723 bits per heavy atom. The van der Waals surface area contributed by atoms with E-state index in [0.29, 0.717) is 29.6 Å². The first-order valence-corrected chi connectivity index (χ1v) is 21.5. The summed E-state index contributed by atoms with van der Waals surface area (Å²) in [6.07, 6.45) is 1.60. The molecule has 2 aromatic carbocycles. The van der Waals surface area contributed by atoms with Crippen LogP contribution in [0, 0.1) is 0 Å². The minimum Gasteiger partial charge on any atom is -0.748 e. The van der Waals surface area contributed by atoms with Crippen LogP contribution >= 0.6 is 24.1 Å². The first kappa shape index (κ1) is 64.0. The third-order valence-corrected chi connectivity index (χ3v) is 9.74. The molecule has 0 radical (unpaired) electrons. The first-order valence-electron chi connectivity index (χ1n) is 16.9. The average Bonchev–Trinajstić information content (AvgIpc) is 3.21. The number of hydrogen-bond donors (Lipinski definition) is 9. The summed E-state index contributed by atoms with van der Waals surface area (Å²) < 4.78 is 78.6. The van der Waals surface area contributed by atoms with Crippen LogP contribution in [0.1, 0.15) is 11.1 Å². The van der Waals surface area contributed by atoms with E-state index >= 15 is 0 Å². The van der Waals surface area contributed by atoms with Gasteiger partial charge in [0.2, 0.25) is 29.7 Å². The van der Waals surface area contributed by atoms with Crippen LogP contribution in [0.3, 0.4) is 0 Å². The number of hydrogen-bond acceptors (Lipinski definition) is 29. The molecule has 2 unspecified atom stereocenters. The third kappa shape index (κ3) is 23.9. The van der Waals surface area contributed by atoms with Crippen LogP contribution in [0.5, 0.6) is 0 Å². The van der Waals surface area contributed by atoms with Crippen molar-refractivity contribution in [2.24, 2.45) is 4.99 Å². The molecule has 35 heteroatoms. The van der Waals surface area contributed by atoms with Crippen molar-refractivity contribution in [3.63, 3.8) is 0 Å². The predicted octanol–water partition coefficient (Wildman–Crippen LogP) is -14.0. The van der Waals surface area contributed by atoms with E-state index in [1.165, 1.54) is 48.7 Å². The molecule has 0 saturated carbocycles. The molecule has 0 aliphatic carbocycles. The molecular weight excluding hydrogens is 989 g/mol. The van der Waals surface area contributed by atoms with Gasteiger partial charge in [-0.05, 0) is 35.4 Å². The number of aliphatic imine (C=N–C) groups is 1. The summed E-state index contributed by atoms with van der Waals surface area (Å²) >= 11 is 0.999. The maximum absolute atomic E-state index is 12.4. The largest absolute Gasteiger partial charge is 1.00 e. The molecule has 0 fully saturated rings. The molecule has 0 amide bonds. The molecule has 332 valence electrons. The number of nitrogens with zero attached hydrogens (tertiary/aromatic N) is 7. The summed E-state index contributed by atoms with van der Waals surface area (Å²) in [6.45, 7) is -1.85. The van der Waals surface area contributed by atoms with Gasteiger partial charge in [-0.1, -0.05) is 24.3 Å². The molecule has 27 nitrogen and oxygen atoms in total. The smallest absolute Gasteiger partial charge is 0.748 e. The minimum absolute atomic E-state index is 0. The van der Waals surface area contributed by atoms with E-state index in [2.05, 4.69) is 75.2 Å². The Hall–Kier alpha value is -0.970. The fourth-order valence-electron chi connectivity index (χ4n) is 4.44. The van der Waals surface area contributed by atoms with Gasteiger partial charge in [-0.15, -0.1) is 0 Å². The number of rotatable bonds is 26. The van der Waals surface area contributed by atoms with E-state index < -0.39 is 56.3 Å². The van der Waals surface area contributed by atoms with Crippen LogP contribution in [0.4, 0.5) is 47.1 Å². The number of aliphatic hydroxyl groups is 4. The summed E-state index contributed by atoms with van der Waals surface area (Å²) in [5.74, 6) is -1.64. The summed E-state index contributed by atoms with van der Waals surface area (Å²) in [7, 11) is -9.69. The molecule has 2 heterocycles. The average molecular weight is 1020 g/mol. The van der Waals surface area contributed by atoms with Crippen molar-refractivity contribution in [2.75, 3.05) is 70.9 Å². The SMILES string of the molecule is O=S(=O)([O-])CCNc1nc(NCC(O)CO)nc(Nc2ccc(C=Cc3ccc(Nc4nc(/N=C\CSOO[O-])nc(NCC(O)CO)n4)cc3S(=O)(=O)[O-])c(SO[O-])c2)n1.[Na+].[Na+].[Na+].[Na+]. The molecule has 0 spiro atoms. The van der Waals surface area contributed by atoms with Crippen LogP contribution < -0.4 is 155 Å². The van der Waals surface area contributed by atoms with E-state index in [0.717, 1.165) is 6.07 Å². The quantitative estimate of drug-likeness (QED) is 0.00412. The number of aromatic nitrogens is 6. The van der Waals surface area contributed by atoms with Gasteiger partial charge in [-0.2, -0.15) is 34.2 Å². The van der Waals surface area contributed by atoms with Gasteiger partial charge in [0, 0.05) is 66.2 Å². The van der Waals surface area contributed by atoms with E-state index in [1.807, 2.05) is 0 Å². The Balaban J connectivity index is 0.0000102. The zero-order chi connectivity index (χ0) is 44.4. The van der Waals surface area contributed by atoms with Gasteiger partial charge >= 0.3 is 118 Å². The third-order valence-electron chi connectivity index (χ3n) is 7.11. The first-order chi connectivity index (χ1) is 29.1. The van der Waals surface area contributed by atoms with Gasteiger partial charge in [0.15, 0.2) is 0 Å². The molecule has 4 aromatic rings. The van der Waals surface area contributed by atoms with Crippen LogP contribution in [-0.4, -0.2) is 139 Å². The van der Waals surface area contributed by atoms with Gasteiger partial charge in [0.05, 0.1) is 51.9 Å². The summed E-state index contributed by atoms with van der Waals surface area (Å²) in [5.41, 5.74) is 0.556. The molecule has 4 rings (SSSR count). The molecule has 0 aliphatic rings.